The number of carboxylic acids is 2. The number of ether oxygens (including phenoxy) is 1. The zero-order valence-electron chi connectivity index (χ0n) is 12.7. The first-order valence-corrected chi connectivity index (χ1v) is 5.52. The fourth-order valence-electron chi connectivity index (χ4n) is 0.341. The first kappa shape index (κ1) is 27.7. The molecule has 0 spiro atoms. The van der Waals surface area contributed by atoms with Crippen molar-refractivity contribution in [2.75, 3.05) is 7.11 Å². The summed E-state index contributed by atoms with van der Waals surface area (Å²) in [7, 11) is 1.31. The van der Waals surface area contributed by atoms with Gasteiger partial charge >= 0.3 is 17.9 Å². The molecule has 0 amide bonds. The molecular weight excluding hydrogens is 304 g/mol. The lowest BCUT2D eigenvalue weighted by Crippen LogP contribution is -2.04. The maximum Gasteiger partial charge on any atom is 0.331 e. The summed E-state index contributed by atoms with van der Waals surface area (Å²) in [6, 6.07) is 3.39. The summed E-state index contributed by atoms with van der Waals surface area (Å²) < 4.78 is 4.14. The van der Waals surface area contributed by atoms with Gasteiger partial charge in [-0.2, -0.15) is 10.5 Å². The van der Waals surface area contributed by atoms with Crippen molar-refractivity contribution >= 4 is 17.9 Å². The van der Waals surface area contributed by atoms with E-state index in [-0.39, 0.29) is 5.57 Å². The highest BCUT2D eigenvalue weighted by molar-refractivity contribution is 5.91. The Bertz CT molecular complexity index is 491. The van der Waals surface area contributed by atoms with E-state index in [9.17, 15) is 14.4 Å². The van der Waals surface area contributed by atoms with E-state index < -0.39 is 24.3 Å². The highest BCUT2D eigenvalue weighted by atomic mass is 16.5. The summed E-state index contributed by atoms with van der Waals surface area (Å²) in [5.41, 5.74) is -0.303. The van der Waals surface area contributed by atoms with Gasteiger partial charge in [0, 0.05) is 23.8 Å². The summed E-state index contributed by atoms with van der Waals surface area (Å²) in [4.78, 5) is 29.5. The summed E-state index contributed by atoms with van der Waals surface area (Å²) in [6.07, 6.45) is 2.97. The third-order valence-electron chi connectivity index (χ3n) is 1.22. The third-order valence-corrected chi connectivity index (χ3v) is 1.22. The van der Waals surface area contributed by atoms with Crippen LogP contribution >= 0.6 is 0 Å². The molecular formula is C15H18N2O6. The molecule has 0 aromatic heterocycles. The van der Waals surface area contributed by atoms with Gasteiger partial charge in [0.2, 0.25) is 0 Å². The monoisotopic (exact) mass is 322 g/mol. The topological polar surface area (TPSA) is 148 Å². The molecule has 0 radical (unpaired) electrons. The normalized spacial score (nSPS) is 6.39. The number of carbonyl (C=O) groups is 3. The minimum atomic E-state index is -1.27. The van der Waals surface area contributed by atoms with Crippen LogP contribution in [0.5, 0.6) is 0 Å². The van der Waals surface area contributed by atoms with Crippen molar-refractivity contribution in [3.05, 3.63) is 50.1 Å². The largest absolute Gasteiger partial charge is 0.481 e. The van der Waals surface area contributed by atoms with E-state index in [0.717, 1.165) is 6.08 Å². The van der Waals surface area contributed by atoms with Crippen molar-refractivity contribution in [3.8, 4) is 12.1 Å². The maximum atomic E-state index is 9.87. The van der Waals surface area contributed by atoms with E-state index in [1.165, 1.54) is 19.3 Å². The molecule has 0 saturated heterocycles. The second-order valence-corrected chi connectivity index (χ2v) is 2.87. The maximum absolute atomic E-state index is 9.87. The Labute approximate surface area is 134 Å². The molecule has 0 bridgehead atoms. The van der Waals surface area contributed by atoms with Gasteiger partial charge < -0.3 is 14.9 Å². The quantitative estimate of drug-likeness (QED) is 0.452. The van der Waals surface area contributed by atoms with Gasteiger partial charge in [0.1, 0.15) is 0 Å². The lowest BCUT2D eigenvalue weighted by molar-refractivity contribution is -0.139. The second kappa shape index (κ2) is 23.4. The number of hydrogen-bond acceptors (Lipinski definition) is 6. The summed E-state index contributed by atoms with van der Waals surface area (Å²) >= 11 is 0. The van der Waals surface area contributed by atoms with Crippen LogP contribution in [-0.4, -0.2) is 35.2 Å². The Morgan fingerprint density at radius 1 is 1.09 bits per heavy atom. The van der Waals surface area contributed by atoms with Crippen LogP contribution in [0.1, 0.15) is 6.42 Å². The first-order chi connectivity index (χ1) is 10.7. The molecule has 0 aliphatic rings. The molecule has 2 N–H and O–H groups in total. The van der Waals surface area contributed by atoms with Gasteiger partial charge in [0.05, 0.1) is 25.7 Å². The fourth-order valence-corrected chi connectivity index (χ4v) is 0.341. The van der Waals surface area contributed by atoms with Crippen LogP contribution in [0.15, 0.2) is 50.1 Å². The summed E-state index contributed by atoms with van der Waals surface area (Å²) in [5, 5.41) is 31.1. The number of methoxy groups -OCH3 is 1. The van der Waals surface area contributed by atoms with Crippen LogP contribution in [0.3, 0.4) is 0 Å². The van der Waals surface area contributed by atoms with E-state index in [1.807, 2.05) is 0 Å². The molecule has 0 aromatic carbocycles. The molecule has 0 rings (SSSR count). The Balaban J connectivity index is -0.000000112. The first-order valence-electron chi connectivity index (χ1n) is 5.52. The average molecular weight is 322 g/mol. The molecule has 0 aliphatic carbocycles. The zero-order chi connectivity index (χ0) is 19.3. The SMILES string of the molecule is C=C(CC(=O)O)C(=O)O.C=CC#N.C=CC#N.C=CC(=O)OC. The molecule has 0 fully saturated rings. The second-order valence-electron chi connectivity index (χ2n) is 2.87. The van der Waals surface area contributed by atoms with Gasteiger partial charge in [0.15, 0.2) is 0 Å². The molecule has 124 valence electrons. The van der Waals surface area contributed by atoms with E-state index in [2.05, 4.69) is 31.1 Å². The van der Waals surface area contributed by atoms with Gasteiger partial charge in [-0.05, 0) is 0 Å². The molecule has 23 heavy (non-hydrogen) atoms. The number of allylic oxidation sites excluding steroid dienone is 2. The van der Waals surface area contributed by atoms with Crippen LogP contribution in [0, 0.1) is 22.7 Å². The number of nitriles is 2. The van der Waals surface area contributed by atoms with E-state index >= 15 is 0 Å². The molecule has 0 aliphatic heterocycles. The average Bonchev–Trinajstić information content (AvgIpc) is 2.54. The van der Waals surface area contributed by atoms with Crippen molar-refractivity contribution in [1.29, 1.82) is 10.5 Å². The smallest absolute Gasteiger partial charge is 0.331 e. The van der Waals surface area contributed by atoms with Gasteiger partial charge in [-0.15, -0.1) is 0 Å². The highest BCUT2D eigenvalue weighted by Crippen LogP contribution is 1.95. The van der Waals surface area contributed by atoms with Crippen molar-refractivity contribution in [3.63, 3.8) is 0 Å². The van der Waals surface area contributed by atoms with Crippen molar-refractivity contribution in [1.82, 2.24) is 0 Å². The minimum Gasteiger partial charge on any atom is -0.481 e. The van der Waals surface area contributed by atoms with E-state index in [4.69, 9.17) is 20.7 Å². The number of nitrogens with zero attached hydrogens (tertiary/aromatic N) is 2. The van der Waals surface area contributed by atoms with Gasteiger partial charge in [-0.1, -0.05) is 26.3 Å². The van der Waals surface area contributed by atoms with Gasteiger partial charge in [-0.25, -0.2) is 9.59 Å². The van der Waals surface area contributed by atoms with Crippen LogP contribution in [0.4, 0.5) is 0 Å². The predicted octanol–water partition coefficient (Wildman–Crippen LogP) is 1.84. The number of esters is 1. The third kappa shape index (κ3) is 45.8. The Morgan fingerprint density at radius 2 is 1.43 bits per heavy atom. The standard InChI is InChI=1S/C5H6O4.C4H6O2.2C3H3N/c1-3(5(8)9)2-4(6)7;1-3-4(5)6-2;2*1-2-3-4/h1-2H2,(H,6,7)(H,8,9);3H,1H2,2H3;2*2H,1H2. The van der Waals surface area contributed by atoms with Crippen molar-refractivity contribution in [2.45, 2.75) is 6.42 Å². The number of aliphatic carboxylic acids is 2. The van der Waals surface area contributed by atoms with Crippen molar-refractivity contribution in [2.24, 2.45) is 0 Å². The lowest BCUT2D eigenvalue weighted by Gasteiger charge is -1.91. The number of rotatable bonds is 4. The Hall–Kier alpha value is -3.65. The molecule has 0 heterocycles. The molecule has 8 nitrogen and oxygen atoms in total. The minimum absolute atomic E-state index is 0.303. The zero-order valence-corrected chi connectivity index (χ0v) is 12.7. The fraction of sp³-hybridized carbons (Fsp3) is 0.133. The Morgan fingerprint density at radius 3 is 1.48 bits per heavy atom. The molecule has 0 unspecified atom stereocenters. The number of hydrogen-bond donors (Lipinski definition) is 2. The number of carbonyl (C=O) groups excluding carboxylic acids is 1. The van der Waals surface area contributed by atoms with Crippen LogP contribution in [-0.2, 0) is 19.1 Å². The molecule has 0 saturated carbocycles. The van der Waals surface area contributed by atoms with E-state index in [1.54, 1.807) is 12.1 Å². The van der Waals surface area contributed by atoms with E-state index in [0.29, 0.717) is 0 Å². The van der Waals surface area contributed by atoms with Gasteiger partial charge in [0.25, 0.3) is 0 Å². The van der Waals surface area contributed by atoms with Crippen molar-refractivity contribution < 1.29 is 29.3 Å². The van der Waals surface area contributed by atoms with Crippen LogP contribution in [0.25, 0.3) is 0 Å². The molecule has 0 aromatic rings. The summed E-state index contributed by atoms with van der Waals surface area (Å²) in [5.74, 6) is -2.84. The molecule has 8 heteroatoms. The Kier molecular flexibility index (Phi) is 28.2. The predicted molar refractivity (Wildman–Crippen MR) is 82.9 cm³/mol. The lowest BCUT2D eigenvalue weighted by atomic mass is 10.2. The van der Waals surface area contributed by atoms with Crippen LogP contribution in [0.2, 0.25) is 0 Å². The van der Waals surface area contributed by atoms with Crippen LogP contribution < -0.4 is 0 Å². The molecule has 0 atom stereocenters. The summed E-state index contributed by atoms with van der Waals surface area (Å²) in [6.45, 7) is 12.4. The van der Waals surface area contributed by atoms with Gasteiger partial charge in [-0.3, -0.25) is 4.79 Å². The number of carboxylic acid groups (broad SMARTS) is 2. The highest BCUT2D eigenvalue weighted by Gasteiger charge is 2.07.